The summed E-state index contributed by atoms with van der Waals surface area (Å²) >= 11 is 1.41. The van der Waals surface area contributed by atoms with Gasteiger partial charge in [0, 0.05) is 10.4 Å². The molecule has 3 N–H and O–H groups in total. The lowest BCUT2D eigenvalue weighted by Crippen LogP contribution is -2.48. The van der Waals surface area contributed by atoms with Crippen molar-refractivity contribution in [2.75, 3.05) is 5.32 Å². The lowest BCUT2D eigenvalue weighted by molar-refractivity contribution is -0.121. The predicted molar refractivity (Wildman–Crippen MR) is 86.3 cm³/mol. The van der Waals surface area contributed by atoms with Gasteiger partial charge in [0.2, 0.25) is 5.91 Å². The predicted octanol–water partition coefficient (Wildman–Crippen LogP) is 3.47. The van der Waals surface area contributed by atoms with E-state index in [0.29, 0.717) is 18.0 Å². The number of nitrogens with one attached hydrogen (secondary N) is 1. The number of halogens is 1. The molecule has 116 valence electrons. The topological polar surface area (TPSA) is 68.0 Å². The van der Waals surface area contributed by atoms with Gasteiger partial charge in [-0.25, -0.2) is 9.37 Å². The molecule has 1 aliphatic carbocycles. The van der Waals surface area contributed by atoms with Crippen molar-refractivity contribution in [3.05, 3.63) is 35.0 Å². The second-order valence-electron chi connectivity index (χ2n) is 5.75. The number of rotatable bonds is 3. The molecule has 1 heterocycles. The number of aromatic nitrogens is 1. The highest BCUT2D eigenvalue weighted by molar-refractivity contribution is 7.16. The second-order valence-corrected chi connectivity index (χ2v) is 6.95. The summed E-state index contributed by atoms with van der Waals surface area (Å²) in [6.45, 7) is 1.93. The Morgan fingerprint density at radius 1 is 1.32 bits per heavy atom. The first-order valence-electron chi connectivity index (χ1n) is 7.32. The molecular formula is C16H18FN3OS. The van der Waals surface area contributed by atoms with E-state index in [1.165, 1.54) is 23.5 Å². The zero-order valence-electron chi connectivity index (χ0n) is 12.4. The number of nitrogens with zero attached hydrogens (tertiary/aromatic N) is 1. The molecule has 1 aromatic heterocycles. The maximum atomic E-state index is 13.0. The molecule has 6 heteroatoms. The van der Waals surface area contributed by atoms with E-state index in [1.807, 2.05) is 6.92 Å². The first kappa shape index (κ1) is 15.1. The second kappa shape index (κ2) is 5.78. The summed E-state index contributed by atoms with van der Waals surface area (Å²) in [6, 6.07) is 6.17. The fourth-order valence-corrected chi connectivity index (χ4v) is 3.61. The average molecular weight is 319 g/mol. The first-order chi connectivity index (χ1) is 10.5. The molecule has 0 bridgehead atoms. The van der Waals surface area contributed by atoms with E-state index in [0.717, 1.165) is 29.0 Å². The van der Waals surface area contributed by atoms with Crippen LogP contribution in [0.3, 0.4) is 0 Å². The molecule has 0 saturated heterocycles. The van der Waals surface area contributed by atoms with Gasteiger partial charge in [0.05, 0.1) is 11.2 Å². The molecule has 1 saturated carbocycles. The zero-order valence-corrected chi connectivity index (χ0v) is 13.2. The maximum Gasteiger partial charge on any atom is 0.246 e. The molecular weight excluding hydrogens is 301 g/mol. The van der Waals surface area contributed by atoms with E-state index in [1.54, 1.807) is 12.1 Å². The molecule has 0 spiro atoms. The Bertz CT molecular complexity index is 690. The SMILES string of the molecule is Cc1sc(NC(=O)C2(N)CCCC2)nc1-c1ccc(F)cc1. The third-order valence-corrected chi connectivity index (χ3v) is 4.97. The van der Waals surface area contributed by atoms with Crippen molar-refractivity contribution >= 4 is 22.4 Å². The third-order valence-electron chi connectivity index (χ3n) is 4.08. The minimum absolute atomic E-state index is 0.163. The van der Waals surface area contributed by atoms with Crippen molar-refractivity contribution in [3.8, 4) is 11.3 Å². The first-order valence-corrected chi connectivity index (χ1v) is 8.13. The average Bonchev–Trinajstić information content (AvgIpc) is 3.07. The normalized spacial score (nSPS) is 16.7. The van der Waals surface area contributed by atoms with Crippen LogP contribution in [0.1, 0.15) is 30.6 Å². The number of amides is 1. The Kier molecular flexibility index (Phi) is 3.97. The van der Waals surface area contributed by atoms with Crippen LogP contribution >= 0.6 is 11.3 Å². The summed E-state index contributed by atoms with van der Waals surface area (Å²) in [7, 11) is 0. The van der Waals surface area contributed by atoms with Crippen molar-refractivity contribution in [3.63, 3.8) is 0 Å². The summed E-state index contributed by atoms with van der Waals surface area (Å²) in [5.74, 6) is -0.444. The lowest BCUT2D eigenvalue weighted by Gasteiger charge is -2.21. The fraction of sp³-hybridized carbons (Fsp3) is 0.375. The standard InChI is InChI=1S/C16H18FN3OS/c1-10-13(11-4-6-12(17)7-5-11)19-15(22-10)20-14(21)16(18)8-2-3-9-16/h4-7H,2-3,8-9,18H2,1H3,(H,19,20,21). The Balaban J connectivity index is 1.80. The van der Waals surface area contributed by atoms with E-state index in [4.69, 9.17) is 5.73 Å². The van der Waals surface area contributed by atoms with E-state index in [9.17, 15) is 9.18 Å². The van der Waals surface area contributed by atoms with Gasteiger partial charge in [0.1, 0.15) is 5.82 Å². The van der Waals surface area contributed by atoms with Crippen LogP contribution in [0.4, 0.5) is 9.52 Å². The van der Waals surface area contributed by atoms with E-state index in [-0.39, 0.29) is 11.7 Å². The number of anilines is 1. The maximum absolute atomic E-state index is 13.0. The van der Waals surface area contributed by atoms with Crippen molar-refractivity contribution in [2.24, 2.45) is 5.73 Å². The van der Waals surface area contributed by atoms with Gasteiger partial charge < -0.3 is 11.1 Å². The number of aryl methyl sites for hydroxylation is 1. The van der Waals surface area contributed by atoms with Gasteiger partial charge in [-0.2, -0.15) is 0 Å². The van der Waals surface area contributed by atoms with Gasteiger partial charge in [-0.1, -0.05) is 12.8 Å². The Morgan fingerprint density at radius 3 is 2.59 bits per heavy atom. The fourth-order valence-electron chi connectivity index (χ4n) is 2.78. The molecule has 3 rings (SSSR count). The minimum Gasteiger partial charge on any atom is -0.317 e. The minimum atomic E-state index is -0.768. The van der Waals surface area contributed by atoms with Crippen LogP contribution in [0.5, 0.6) is 0 Å². The molecule has 0 unspecified atom stereocenters. The van der Waals surface area contributed by atoms with Crippen LogP contribution in [0.2, 0.25) is 0 Å². The van der Waals surface area contributed by atoms with Crippen LogP contribution in [-0.4, -0.2) is 16.4 Å². The number of benzene rings is 1. The number of hydrogen-bond donors (Lipinski definition) is 2. The molecule has 1 amide bonds. The van der Waals surface area contributed by atoms with Crippen LogP contribution < -0.4 is 11.1 Å². The highest BCUT2D eigenvalue weighted by Gasteiger charge is 2.37. The van der Waals surface area contributed by atoms with E-state index in [2.05, 4.69) is 10.3 Å². The monoisotopic (exact) mass is 319 g/mol. The Morgan fingerprint density at radius 2 is 1.95 bits per heavy atom. The quantitative estimate of drug-likeness (QED) is 0.910. The molecule has 0 atom stereocenters. The van der Waals surface area contributed by atoms with Crippen molar-refractivity contribution in [1.82, 2.24) is 4.98 Å². The molecule has 22 heavy (non-hydrogen) atoms. The van der Waals surface area contributed by atoms with Gasteiger partial charge in [-0.3, -0.25) is 4.79 Å². The summed E-state index contributed by atoms with van der Waals surface area (Å²) in [6.07, 6.45) is 3.41. The summed E-state index contributed by atoms with van der Waals surface area (Å²) in [5.41, 5.74) is 6.97. The smallest absolute Gasteiger partial charge is 0.246 e. The largest absolute Gasteiger partial charge is 0.317 e. The summed E-state index contributed by atoms with van der Waals surface area (Å²) < 4.78 is 13.0. The molecule has 1 aliphatic rings. The number of nitrogens with two attached hydrogens (primary N) is 1. The van der Waals surface area contributed by atoms with Crippen LogP contribution in [0.15, 0.2) is 24.3 Å². The highest BCUT2D eigenvalue weighted by Crippen LogP contribution is 2.32. The Hall–Kier alpha value is -1.79. The highest BCUT2D eigenvalue weighted by atomic mass is 32.1. The van der Waals surface area contributed by atoms with Gasteiger partial charge in [-0.05, 0) is 44.0 Å². The van der Waals surface area contributed by atoms with E-state index >= 15 is 0 Å². The van der Waals surface area contributed by atoms with Crippen molar-refractivity contribution in [1.29, 1.82) is 0 Å². The summed E-state index contributed by atoms with van der Waals surface area (Å²) in [5, 5.41) is 3.38. The van der Waals surface area contributed by atoms with Gasteiger partial charge in [0.25, 0.3) is 0 Å². The number of carbonyl (C=O) groups is 1. The molecule has 0 aliphatic heterocycles. The van der Waals surface area contributed by atoms with E-state index < -0.39 is 5.54 Å². The molecule has 4 nitrogen and oxygen atoms in total. The van der Waals surface area contributed by atoms with Crippen LogP contribution in [-0.2, 0) is 4.79 Å². The van der Waals surface area contributed by atoms with Crippen LogP contribution in [0, 0.1) is 12.7 Å². The number of carbonyl (C=O) groups excluding carboxylic acids is 1. The van der Waals surface area contributed by atoms with Crippen LogP contribution in [0.25, 0.3) is 11.3 Å². The summed E-state index contributed by atoms with van der Waals surface area (Å²) in [4.78, 5) is 17.8. The lowest BCUT2D eigenvalue weighted by atomic mass is 9.98. The molecule has 1 fully saturated rings. The molecule has 1 aromatic carbocycles. The number of thiazole rings is 1. The van der Waals surface area contributed by atoms with Crippen molar-refractivity contribution in [2.45, 2.75) is 38.1 Å². The van der Waals surface area contributed by atoms with Gasteiger partial charge >= 0.3 is 0 Å². The van der Waals surface area contributed by atoms with Gasteiger partial charge in [0.15, 0.2) is 5.13 Å². The van der Waals surface area contributed by atoms with Gasteiger partial charge in [-0.15, -0.1) is 11.3 Å². The molecule has 2 aromatic rings. The Labute approximate surface area is 132 Å². The third kappa shape index (κ3) is 2.89. The zero-order chi connectivity index (χ0) is 15.7. The van der Waals surface area contributed by atoms with Crippen molar-refractivity contribution < 1.29 is 9.18 Å². The molecule has 0 radical (unpaired) electrons. The number of hydrogen-bond acceptors (Lipinski definition) is 4.